The van der Waals surface area contributed by atoms with Gasteiger partial charge in [-0.3, -0.25) is 5.32 Å². The maximum Gasteiger partial charge on any atom is 0.224 e. The summed E-state index contributed by atoms with van der Waals surface area (Å²) in [6.07, 6.45) is 2.51. The number of nitrogens with one attached hydrogen (secondary N) is 1. The van der Waals surface area contributed by atoms with Gasteiger partial charge in [0.15, 0.2) is 22.9 Å². The SMILES string of the molecule is CC1(C)C[C@H](N2C(N)=NC(Cl)=NC2N[C@@H]2C[C@@H](CO[Si](C)(C)C(C)(C)C)[C@@H](O[Si](C)(C)C(C)(C)C)C2)c2ccccc21. The molecule has 7 nitrogen and oxygen atoms in total. The molecule has 0 aromatic heterocycles. The van der Waals surface area contributed by atoms with E-state index in [4.69, 9.17) is 31.2 Å². The lowest BCUT2D eigenvalue weighted by molar-refractivity contribution is 0.101. The Morgan fingerprint density at radius 1 is 1.02 bits per heavy atom. The summed E-state index contributed by atoms with van der Waals surface area (Å²) < 4.78 is 13.9. The molecular weight excluding hydrogens is 578 g/mol. The molecule has 1 aliphatic heterocycles. The third-order valence-electron chi connectivity index (χ3n) is 10.8. The molecule has 1 unspecified atom stereocenters. The molecule has 3 aliphatic rings. The number of guanidine groups is 1. The fourth-order valence-corrected chi connectivity index (χ4v) is 8.75. The first kappa shape index (κ1) is 33.7. The van der Waals surface area contributed by atoms with Crippen LogP contribution in [-0.4, -0.2) is 57.8 Å². The van der Waals surface area contributed by atoms with Gasteiger partial charge in [-0.1, -0.05) is 79.7 Å². The maximum absolute atomic E-state index is 7.10. The summed E-state index contributed by atoms with van der Waals surface area (Å²) in [7, 11) is -3.89. The minimum Gasteiger partial charge on any atom is -0.416 e. The molecule has 4 rings (SSSR count). The number of rotatable bonds is 8. The molecule has 2 aliphatic carbocycles. The first-order valence-corrected chi connectivity index (χ1v) is 21.9. The van der Waals surface area contributed by atoms with Crippen LogP contribution in [0, 0.1) is 5.92 Å². The van der Waals surface area contributed by atoms with Crippen molar-refractivity contribution < 1.29 is 8.85 Å². The van der Waals surface area contributed by atoms with Gasteiger partial charge in [-0.25, -0.2) is 4.99 Å². The van der Waals surface area contributed by atoms with Crippen LogP contribution in [0.5, 0.6) is 0 Å². The molecule has 236 valence electrons. The summed E-state index contributed by atoms with van der Waals surface area (Å²) in [6, 6.07) is 8.92. The standard InChI is InChI=1S/C32H56ClN5O2Si2/c1-30(2,3)41(9,10)39-20-21-17-22(18-26(21)40-42(11,12)31(4,5)6)35-29-37-27(33)36-28(34)38(29)25-19-32(7,8)24-16-14-13-15-23(24)25/h13-16,21-22,25-26,29,35H,17-20H2,1-12H3,(H2,34,36,37)/t21-,22+,25-,26-,29?/m0/s1. The lowest BCUT2D eigenvalue weighted by atomic mass is 9.86. The van der Waals surface area contributed by atoms with Crippen LogP contribution in [0.2, 0.25) is 36.3 Å². The second-order valence-corrected chi connectivity index (χ2v) is 26.3. The number of halogens is 1. The minimum absolute atomic E-state index is 0.0265. The predicted octanol–water partition coefficient (Wildman–Crippen LogP) is 7.70. The molecule has 3 N–H and O–H groups in total. The van der Waals surface area contributed by atoms with Gasteiger partial charge in [0.05, 0.1) is 12.1 Å². The normalized spacial score (nSPS) is 28.5. The van der Waals surface area contributed by atoms with Gasteiger partial charge in [0.2, 0.25) is 11.3 Å². The number of amidine groups is 1. The van der Waals surface area contributed by atoms with E-state index in [2.05, 4.69) is 121 Å². The van der Waals surface area contributed by atoms with E-state index in [1.807, 2.05) is 0 Å². The van der Waals surface area contributed by atoms with Crippen LogP contribution in [0.3, 0.4) is 0 Å². The van der Waals surface area contributed by atoms with Crippen molar-refractivity contribution in [3.05, 3.63) is 35.4 Å². The van der Waals surface area contributed by atoms with E-state index in [0.29, 0.717) is 11.9 Å². The highest BCUT2D eigenvalue weighted by Gasteiger charge is 2.48. The number of fused-ring (bicyclic) bond motifs is 1. The Kier molecular flexibility index (Phi) is 9.30. The molecule has 5 atom stereocenters. The first-order valence-electron chi connectivity index (χ1n) is 15.7. The highest BCUT2D eigenvalue weighted by Crippen LogP contribution is 2.48. The fraction of sp³-hybridized carbons (Fsp3) is 0.750. The van der Waals surface area contributed by atoms with Crippen LogP contribution in [0.25, 0.3) is 0 Å². The van der Waals surface area contributed by atoms with Crippen LogP contribution in [-0.2, 0) is 14.3 Å². The van der Waals surface area contributed by atoms with E-state index >= 15 is 0 Å². The van der Waals surface area contributed by atoms with E-state index in [1.165, 1.54) is 11.1 Å². The van der Waals surface area contributed by atoms with Gasteiger partial charge in [-0.05, 0) is 83.7 Å². The molecule has 0 bridgehead atoms. The van der Waals surface area contributed by atoms with Gasteiger partial charge in [0.25, 0.3) is 0 Å². The molecule has 0 amide bonds. The molecule has 1 saturated carbocycles. The molecule has 1 heterocycles. The van der Waals surface area contributed by atoms with Gasteiger partial charge < -0.3 is 19.5 Å². The van der Waals surface area contributed by atoms with Crippen LogP contribution in [0.1, 0.15) is 91.8 Å². The number of hydrogen-bond donors (Lipinski definition) is 2. The monoisotopic (exact) mass is 633 g/mol. The largest absolute Gasteiger partial charge is 0.416 e. The van der Waals surface area contributed by atoms with Crippen molar-refractivity contribution >= 4 is 39.5 Å². The first-order chi connectivity index (χ1) is 19.1. The van der Waals surface area contributed by atoms with Crippen LogP contribution in [0.4, 0.5) is 0 Å². The quantitative estimate of drug-likeness (QED) is 0.226. The summed E-state index contributed by atoms with van der Waals surface area (Å²) in [5.74, 6) is 0.717. The topological polar surface area (TPSA) is 84.5 Å². The Labute approximate surface area is 262 Å². The Balaban J connectivity index is 1.58. The number of benzene rings is 1. The Bertz CT molecular complexity index is 1200. The zero-order chi connectivity index (χ0) is 31.5. The van der Waals surface area contributed by atoms with E-state index in [-0.39, 0.29) is 39.0 Å². The van der Waals surface area contributed by atoms with Crippen molar-refractivity contribution in [3.8, 4) is 0 Å². The van der Waals surface area contributed by atoms with Crippen molar-refractivity contribution in [3.63, 3.8) is 0 Å². The van der Waals surface area contributed by atoms with E-state index < -0.39 is 22.9 Å². The molecule has 1 fully saturated rings. The molecule has 10 heteroatoms. The zero-order valence-corrected chi connectivity index (χ0v) is 30.9. The molecule has 0 spiro atoms. The summed E-state index contributed by atoms with van der Waals surface area (Å²) in [6.45, 7) is 28.5. The molecule has 0 saturated heterocycles. The smallest absolute Gasteiger partial charge is 0.224 e. The molecular formula is C32H56ClN5O2Si2. The van der Waals surface area contributed by atoms with E-state index in [9.17, 15) is 0 Å². The van der Waals surface area contributed by atoms with Gasteiger partial charge in [0, 0.05) is 18.6 Å². The second-order valence-electron chi connectivity index (χ2n) is 16.4. The number of aliphatic imine (C=N–C) groups is 2. The third kappa shape index (κ3) is 6.86. The summed E-state index contributed by atoms with van der Waals surface area (Å²) in [4.78, 5) is 11.3. The van der Waals surface area contributed by atoms with Crippen molar-refractivity contribution in [2.24, 2.45) is 21.6 Å². The average Bonchev–Trinajstić information content (AvgIpc) is 3.32. The highest BCUT2D eigenvalue weighted by atomic mass is 35.5. The van der Waals surface area contributed by atoms with Crippen LogP contribution in [0.15, 0.2) is 34.3 Å². The summed E-state index contributed by atoms with van der Waals surface area (Å²) in [5.41, 5.74) is 9.28. The lowest BCUT2D eigenvalue weighted by Crippen LogP contribution is -2.56. The predicted molar refractivity (Wildman–Crippen MR) is 182 cm³/mol. The van der Waals surface area contributed by atoms with Crippen LogP contribution < -0.4 is 11.1 Å². The van der Waals surface area contributed by atoms with Crippen molar-refractivity contribution in [1.82, 2.24) is 10.2 Å². The van der Waals surface area contributed by atoms with Gasteiger partial charge in [0.1, 0.15) is 0 Å². The third-order valence-corrected chi connectivity index (χ3v) is 20.0. The maximum atomic E-state index is 7.10. The van der Waals surface area contributed by atoms with Gasteiger partial charge in [-0.15, -0.1) is 0 Å². The van der Waals surface area contributed by atoms with Crippen molar-refractivity contribution in [1.29, 1.82) is 0 Å². The number of hydrogen-bond acceptors (Lipinski definition) is 7. The van der Waals surface area contributed by atoms with Crippen LogP contribution >= 0.6 is 11.6 Å². The molecule has 0 radical (unpaired) electrons. The van der Waals surface area contributed by atoms with Gasteiger partial charge in [-0.2, -0.15) is 4.99 Å². The van der Waals surface area contributed by atoms with Crippen molar-refractivity contribution in [2.75, 3.05) is 6.61 Å². The number of nitrogens with two attached hydrogens (primary N) is 1. The average molecular weight is 634 g/mol. The Morgan fingerprint density at radius 2 is 1.64 bits per heavy atom. The zero-order valence-electron chi connectivity index (χ0n) is 28.1. The van der Waals surface area contributed by atoms with E-state index in [1.54, 1.807) is 0 Å². The van der Waals surface area contributed by atoms with Crippen molar-refractivity contribution in [2.45, 2.75) is 141 Å². The molecule has 1 aromatic carbocycles. The molecule has 42 heavy (non-hydrogen) atoms. The summed E-state index contributed by atoms with van der Waals surface area (Å²) in [5, 5.41) is 4.35. The fourth-order valence-electron chi connectivity index (χ4n) is 6.11. The van der Waals surface area contributed by atoms with Gasteiger partial charge >= 0.3 is 0 Å². The molecule has 1 aromatic rings. The highest BCUT2D eigenvalue weighted by molar-refractivity contribution is 6.74. The lowest BCUT2D eigenvalue weighted by Gasteiger charge is -2.41. The Hall–Kier alpha value is -1.24. The summed E-state index contributed by atoms with van der Waals surface area (Å²) >= 11 is 6.44. The second kappa shape index (κ2) is 11.6. The minimum atomic E-state index is -1.99. The number of nitrogens with zero attached hydrogens (tertiary/aromatic N) is 3. The van der Waals surface area contributed by atoms with E-state index in [0.717, 1.165) is 25.9 Å². The Morgan fingerprint density at radius 3 is 2.26 bits per heavy atom.